The smallest absolute Gasteiger partial charge is 0.338 e. The molecule has 0 aromatic heterocycles. The average Bonchev–Trinajstić information content (AvgIpc) is 2.59. The molecular weight excluding hydrogens is 390 g/mol. The molecule has 0 saturated carbocycles. The molecule has 3 rings (SSSR count). The standard InChI is InChI=1S/C19H20BrNO2.ClH/c20-18-9-5-4-8-16(18)14-21-12-10-17(11-13-21)23-19(22)15-6-2-1-3-7-15;/h1-9,17H,10-14H2;1H. The van der Waals surface area contributed by atoms with Gasteiger partial charge in [-0.05, 0) is 36.6 Å². The molecule has 1 saturated heterocycles. The van der Waals surface area contributed by atoms with Crippen LogP contribution in [0.5, 0.6) is 0 Å². The maximum absolute atomic E-state index is 12.1. The third kappa shape index (κ3) is 5.07. The normalized spacial score (nSPS) is 15.5. The molecule has 1 aliphatic heterocycles. The van der Waals surface area contributed by atoms with E-state index < -0.39 is 0 Å². The highest BCUT2D eigenvalue weighted by Crippen LogP contribution is 2.21. The lowest BCUT2D eigenvalue weighted by atomic mass is 10.1. The quantitative estimate of drug-likeness (QED) is 0.685. The van der Waals surface area contributed by atoms with E-state index in [9.17, 15) is 4.79 Å². The summed E-state index contributed by atoms with van der Waals surface area (Å²) in [5, 5.41) is 0. The van der Waals surface area contributed by atoms with Crippen LogP contribution in [0.15, 0.2) is 59.1 Å². The first-order valence-corrected chi connectivity index (χ1v) is 8.73. The molecule has 3 nitrogen and oxygen atoms in total. The lowest BCUT2D eigenvalue weighted by Crippen LogP contribution is -2.37. The van der Waals surface area contributed by atoms with Crippen LogP contribution in [0.25, 0.3) is 0 Å². The molecule has 128 valence electrons. The summed E-state index contributed by atoms with van der Waals surface area (Å²) in [7, 11) is 0. The van der Waals surface area contributed by atoms with Crippen molar-refractivity contribution < 1.29 is 9.53 Å². The number of carbonyl (C=O) groups is 1. The van der Waals surface area contributed by atoms with Crippen molar-refractivity contribution in [1.82, 2.24) is 4.90 Å². The number of nitrogens with zero attached hydrogens (tertiary/aromatic N) is 1. The summed E-state index contributed by atoms with van der Waals surface area (Å²) in [5.74, 6) is -0.213. The summed E-state index contributed by atoms with van der Waals surface area (Å²) in [6.07, 6.45) is 1.81. The summed E-state index contributed by atoms with van der Waals surface area (Å²) >= 11 is 3.60. The second-order valence-electron chi connectivity index (χ2n) is 5.84. The van der Waals surface area contributed by atoms with Crippen LogP contribution >= 0.6 is 28.3 Å². The lowest BCUT2D eigenvalue weighted by Gasteiger charge is -2.31. The van der Waals surface area contributed by atoms with E-state index in [0.29, 0.717) is 5.56 Å². The molecule has 0 bridgehead atoms. The summed E-state index contributed by atoms with van der Waals surface area (Å²) in [5.41, 5.74) is 1.93. The van der Waals surface area contributed by atoms with Gasteiger partial charge in [-0.2, -0.15) is 0 Å². The van der Waals surface area contributed by atoms with Gasteiger partial charge in [0, 0.05) is 24.1 Å². The average molecular weight is 411 g/mol. The number of piperidine rings is 1. The van der Waals surface area contributed by atoms with Crippen LogP contribution in [0.4, 0.5) is 0 Å². The maximum atomic E-state index is 12.1. The first-order chi connectivity index (χ1) is 11.2. The molecular formula is C19H21BrClNO2. The van der Waals surface area contributed by atoms with Gasteiger partial charge < -0.3 is 4.74 Å². The van der Waals surface area contributed by atoms with E-state index in [1.165, 1.54) is 5.56 Å². The molecule has 0 N–H and O–H groups in total. The fraction of sp³-hybridized carbons (Fsp3) is 0.316. The highest BCUT2D eigenvalue weighted by Gasteiger charge is 2.23. The van der Waals surface area contributed by atoms with Crippen LogP contribution in [0.3, 0.4) is 0 Å². The van der Waals surface area contributed by atoms with Crippen molar-refractivity contribution in [3.8, 4) is 0 Å². The minimum atomic E-state index is -0.213. The van der Waals surface area contributed by atoms with Gasteiger partial charge in [-0.1, -0.05) is 52.3 Å². The van der Waals surface area contributed by atoms with Crippen molar-refractivity contribution in [2.75, 3.05) is 13.1 Å². The van der Waals surface area contributed by atoms with E-state index in [-0.39, 0.29) is 24.5 Å². The number of ether oxygens (including phenoxy) is 1. The van der Waals surface area contributed by atoms with Gasteiger partial charge in [0.05, 0.1) is 5.56 Å². The van der Waals surface area contributed by atoms with Crippen molar-refractivity contribution in [2.24, 2.45) is 0 Å². The molecule has 5 heteroatoms. The van der Waals surface area contributed by atoms with Gasteiger partial charge in [-0.15, -0.1) is 12.4 Å². The van der Waals surface area contributed by atoms with Crippen molar-refractivity contribution in [2.45, 2.75) is 25.5 Å². The molecule has 0 amide bonds. The largest absolute Gasteiger partial charge is 0.459 e. The Kier molecular flexibility index (Phi) is 7.28. The summed E-state index contributed by atoms with van der Waals surface area (Å²) in [4.78, 5) is 14.5. The zero-order chi connectivity index (χ0) is 16.1. The van der Waals surface area contributed by atoms with E-state index in [1.54, 1.807) is 12.1 Å². The second-order valence-corrected chi connectivity index (χ2v) is 6.69. The Bertz CT molecular complexity index is 657. The number of esters is 1. The van der Waals surface area contributed by atoms with Gasteiger partial charge in [-0.3, -0.25) is 4.90 Å². The minimum absolute atomic E-state index is 0. The second kappa shape index (κ2) is 9.21. The molecule has 1 fully saturated rings. The Hall–Kier alpha value is -1.36. The molecule has 0 unspecified atom stereocenters. The number of rotatable bonds is 4. The Morgan fingerprint density at radius 1 is 1.04 bits per heavy atom. The van der Waals surface area contributed by atoms with E-state index >= 15 is 0 Å². The van der Waals surface area contributed by atoms with E-state index in [1.807, 2.05) is 24.3 Å². The van der Waals surface area contributed by atoms with Gasteiger partial charge >= 0.3 is 5.97 Å². The number of benzene rings is 2. The fourth-order valence-electron chi connectivity index (χ4n) is 2.85. The Morgan fingerprint density at radius 3 is 2.33 bits per heavy atom. The molecule has 1 heterocycles. The molecule has 0 aliphatic carbocycles. The van der Waals surface area contributed by atoms with Gasteiger partial charge in [0.2, 0.25) is 0 Å². The van der Waals surface area contributed by atoms with Crippen molar-refractivity contribution >= 4 is 34.3 Å². The van der Waals surface area contributed by atoms with Crippen molar-refractivity contribution in [3.63, 3.8) is 0 Å². The maximum Gasteiger partial charge on any atom is 0.338 e. The molecule has 1 aliphatic rings. The lowest BCUT2D eigenvalue weighted by molar-refractivity contribution is 0.0104. The zero-order valence-electron chi connectivity index (χ0n) is 13.4. The van der Waals surface area contributed by atoms with Crippen LogP contribution in [0.1, 0.15) is 28.8 Å². The van der Waals surface area contributed by atoms with E-state index in [0.717, 1.165) is 36.9 Å². The van der Waals surface area contributed by atoms with Gasteiger partial charge in [0.1, 0.15) is 6.10 Å². The van der Waals surface area contributed by atoms with Crippen molar-refractivity contribution in [1.29, 1.82) is 0 Å². The van der Waals surface area contributed by atoms with Gasteiger partial charge in [0.25, 0.3) is 0 Å². The monoisotopic (exact) mass is 409 g/mol. The number of hydrogen-bond donors (Lipinski definition) is 0. The van der Waals surface area contributed by atoms with Crippen molar-refractivity contribution in [3.05, 3.63) is 70.2 Å². The Balaban J connectivity index is 0.00000208. The predicted octanol–water partition coefficient (Wildman–Crippen LogP) is 4.69. The number of halogens is 2. The molecule has 2 aromatic carbocycles. The molecule has 24 heavy (non-hydrogen) atoms. The number of hydrogen-bond acceptors (Lipinski definition) is 3. The van der Waals surface area contributed by atoms with E-state index in [2.05, 4.69) is 39.0 Å². The van der Waals surface area contributed by atoms with Crippen LogP contribution in [0, 0.1) is 0 Å². The fourth-order valence-corrected chi connectivity index (χ4v) is 3.26. The topological polar surface area (TPSA) is 29.5 Å². The highest BCUT2D eigenvalue weighted by atomic mass is 79.9. The number of carbonyl (C=O) groups excluding carboxylic acids is 1. The van der Waals surface area contributed by atoms with Crippen LogP contribution in [-0.2, 0) is 11.3 Å². The summed E-state index contributed by atoms with van der Waals surface area (Å²) in [6.45, 7) is 2.84. The summed E-state index contributed by atoms with van der Waals surface area (Å²) < 4.78 is 6.78. The van der Waals surface area contributed by atoms with E-state index in [4.69, 9.17) is 4.74 Å². The molecule has 0 atom stereocenters. The predicted molar refractivity (Wildman–Crippen MR) is 102 cm³/mol. The highest BCUT2D eigenvalue weighted by molar-refractivity contribution is 9.10. The SMILES string of the molecule is Cl.O=C(OC1CCN(Cc2ccccc2Br)CC1)c1ccccc1. The van der Waals surface area contributed by atoms with Gasteiger partial charge in [0.15, 0.2) is 0 Å². The number of likely N-dealkylation sites (tertiary alicyclic amines) is 1. The summed E-state index contributed by atoms with van der Waals surface area (Å²) in [6, 6.07) is 17.5. The van der Waals surface area contributed by atoms with Crippen LogP contribution in [-0.4, -0.2) is 30.1 Å². The molecule has 2 aromatic rings. The Morgan fingerprint density at radius 2 is 1.67 bits per heavy atom. The van der Waals surface area contributed by atoms with Gasteiger partial charge in [-0.25, -0.2) is 4.79 Å². The molecule has 0 radical (unpaired) electrons. The zero-order valence-corrected chi connectivity index (χ0v) is 15.8. The minimum Gasteiger partial charge on any atom is -0.459 e. The Labute approximate surface area is 157 Å². The van der Waals surface area contributed by atoms with Crippen LogP contribution < -0.4 is 0 Å². The molecule has 0 spiro atoms. The third-order valence-corrected chi connectivity index (χ3v) is 4.94. The first-order valence-electron chi connectivity index (χ1n) is 7.94. The first kappa shape index (κ1) is 19.0. The third-order valence-electron chi connectivity index (χ3n) is 4.17. The van der Waals surface area contributed by atoms with Crippen LogP contribution in [0.2, 0.25) is 0 Å².